The van der Waals surface area contributed by atoms with Crippen LogP contribution >= 0.6 is 0 Å². The number of carbonyl (C=O) groups excluding carboxylic acids is 1. The Morgan fingerprint density at radius 3 is 2.57 bits per heavy atom. The van der Waals surface area contributed by atoms with Crippen LogP contribution in [0.25, 0.3) is 11.3 Å². The molecule has 1 amide bonds. The molecule has 0 saturated heterocycles. The van der Waals surface area contributed by atoms with Gasteiger partial charge in [-0.15, -0.1) is 0 Å². The molecule has 5 nitrogen and oxygen atoms in total. The topological polar surface area (TPSA) is 62.4 Å². The predicted molar refractivity (Wildman–Crippen MR) is 102 cm³/mol. The summed E-state index contributed by atoms with van der Waals surface area (Å²) in [6.07, 6.45) is 1.62. The second kappa shape index (κ2) is 8.99. The van der Waals surface area contributed by atoms with E-state index in [-0.39, 0.29) is 24.7 Å². The second-order valence-corrected chi connectivity index (χ2v) is 6.31. The first-order chi connectivity index (χ1) is 13.5. The molecule has 2 N–H and O–H groups in total. The van der Waals surface area contributed by atoms with E-state index in [1.165, 1.54) is 18.3 Å². The largest absolute Gasteiger partial charge is 0.494 e. The molecule has 0 radical (unpaired) electrons. The van der Waals surface area contributed by atoms with Crippen LogP contribution in [0.5, 0.6) is 5.75 Å². The molecule has 6 heteroatoms. The van der Waals surface area contributed by atoms with Gasteiger partial charge in [-0.3, -0.25) is 10.0 Å². The first kappa shape index (κ1) is 19.4. The quantitative estimate of drug-likeness (QED) is 0.488. The Labute approximate surface area is 163 Å². The van der Waals surface area contributed by atoms with Crippen LogP contribution in [0, 0.1) is 5.82 Å². The molecule has 28 heavy (non-hydrogen) atoms. The minimum atomic E-state index is -0.335. The van der Waals surface area contributed by atoms with Crippen LogP contribution in [-0.2, 0) is 17.8 Å². The van der Waals surface area contributed by atoms with Gasteiger partial charge in [0.2, 0.25) is 12.1 Å². The lowest BCUT2D eigenvalue weighted by molar-refractivity contribution is -0.896. The van der Waals surface area contributed by atoms with Crippen LogP contribution < -0.4 is 14.8 Å². The second-order valence-electron chi connectivity index (χ2n) is 6.31. The Balaban J connectivity index is 1.62. The number of rotatable bonds is 7. The molecule has 0 aliphatic rings. The van der Waals surface area contributed by atoms with Gasteiger partial charge < -0.3 is 10.1 Å². The fourth-order valence-corrected chi connectivity index (χ4v) is 2.85. The zero-order chi connectivity index (χ0) is 19.9. The number of amides is 1. The molecule has 0 atom stereocenters. The number of benzene rings is 2. The fourth-order valence-electron chi connectivity index (χ4n) is 2.85. The number of hydrogen-bond donors (Lipinski definition) is 2. The average molecular weight is 381 g/mol. The normalized spacial score (nSPS) is 10.5. The van der Waals surface area contributed by atoms with Gasteiger partial charge in [0.15, 0.2) is 0 Å². The molecule has 0 aliphatic heterocycles. The highest BCUT2D eigenvalue weighted by atomic mass is 19.1. The van der Waals surface area contributed by atoms with Crippen LogP contribution in [0.1, 0.15) is 18.1 Å². The summed E-state index contributed by atoms with van der Waals surface area (Å²) in [6.45, 7) is 2.76. The summed E-state index contributed by atoms with van der Waals surface area (Å²) in [6, 6.07) is 17.0. The molecule has 0 bridgehead atoms. The summed E-state index contributed by atoms with van der Waals surface area (Å²) in [7, 11) is 0. The Hall–Kier alpha value is -3.41. The summed E-state index contributed by atoms with van der Waals surface area (Å²) in [5, 5.41) is 13.0. The minimum absolute atomic E-state index is 0.111. The first-order valence-electron chi connectivity index (χ1n) is 9.03. The first-order valence-corrected chi connectivity index (χ1v) is 9.03. The van der Waals surface area contributed by atoms with E-state index in [0.717, 1.165) is 16.0 Å². The van der Waals surface area contributed by atoms with Gasteiger partial charge in [-0.05, 0) is 55.0 Å². The number of nitrogens with one attached hydrogen (secondary N) is 1. The Bertz CT molecular complexity index is 958. The van der Waals surface area contributed by atoms with E-state index < -0.39 is 0 Å². The number of ether oxygens (including phenoxy) is 1. The highest BCUT2D eigenvalue weighted by Crippen LogP contribution is 2.20. The van der Waals surface area contributed by atoms with Crippen molar-refractivity contribution in [2.24, 2.45) is 0 Å². The monoisotopic (exact) mass is 381 g/mol. The lowest BCUT2D eigenvalue weighted by Gasteiger charge is -2.06. The third kappa shape index (κ3) is 5.07. The standard InChI is InChI=1S/C22H21FN2O3/c1-2-28-20-9-7-18(8-10-20)21-11-6-17(15-25(21)27)13-22(26)24-14-16-4-3-5-19(23)12-16/h3-12,15H,2,13-14H2,1H3,(H-,24,26,27)/p+1. The van der Waals surface area contributed by atoms with E-state index in [9.17, 15) is 14.4 Å². The summed E-state index contributed by atoms with van der Waals surface area (Å²) in [5.41, 5.74) is 2.78. The minimum Gasteiger partial charge on any atom is -0.494 e. The SMILES string of the molecule is CCOc1ccc(-c2ccc(CC(=O)NCc3cccc(F)c3)c[n+]2O)cc1. The van der Waals surface area contributed by atoms with E-state index in [4.69, 9.17) is 4.74 Å². The van der Waals surface area contributed by atoms with Gasteiger partial charge >= 0.3 is 0 Å². The van der Waals surface area contributed by atoms with Crippen molar-refractivity contribution in [3.05, 3.63) is 83.8 Å². The fraction of sp³-hybridized carbons (Fsp3) is 0.182. The number of hydrogen-bond acceptors (Lipinski definition) is 3. The molecule has 0 saturated carbocycles. The molecule has 1 heterocycles. The van der Waals surface area contributed by atoms with Crippen molar-refractivity contribution >= 4 is 5.91 Å². The van der Waals surface area contributed by atoms with Crippen molar-refractivity contribution < 1.29 is 23.9 Å². The van der Waals surface area contributed by atoms with E-state index >= 15 is 0 Å². The highest BCUT2D eigenvalue weighted by molar-refractivity contribution is 5.78. The Morgan fingerprint density at radius 2 is 1.89 bits per heavy atom. The molecule has 0 spiro atoms. The molecule has 1 aromatic heterocycles. The van der Waals surface area contributed by atoms with Gasteiger partial charge in [-0.2, -0.15) is 0 Å². The van der Waals surface area contributed by atoms with Gasteiger partial charge in [0, 0.05) is 22.9 Å². The van der Waals surface area contributed by atoms with Crippen molar-refractivity contribution in [3.63, 3.8) is 0 Å². The van der Waals surface area contributed by atoms with Crippen molar-refractivity contribution in [1.29, 1.82) is 0 Å². The molecule has 3 rings (SSSR count). The van der Waals surface area contributed by atoms with Crippen molar-refractivity contribution in [2.45, 2.75) is 19.9 Å². The van der Waals surface area contributed by atoms with Crippen molar-refractivity contribution in [1.82, 2.24) is 5.32 Å². The molecule has 0 fully saturated rings. The molecular weight excluding hydrogens is 359 g/mol. The lowest BCUT2D eigenvalue weighted by Crippen LogP contribution is -2.34. The van der Waals surface area contributed by atoms with Gasteiger partial charge in [0.1, 0.15) is 11.6 Å². The maximum Gasteiger partial charge on any atom is 0.264 e. The van der Waals surface area contributed by atoms with Crippen molar-refractivity contribution in [3.8, 4) is 17.0 Å². The van der Waals surface area contributed by atoms with Crippen LogP contribution in [0.3, 0.4) is 0 Å². The molecule has 144 valence electrons. The van der Waals surface area contributed by atoms with Crippen molar-refractivity contribution in [2.75, 3.05) is 6.61 Å². The van der Waals surface area contributed by atoms with E-state index in [1.807, 2.05) is 31.2 Å². The zero-order valence-corrected chi connectivity index (χ0v) is 15.6. The zero-order valence-electron chi connectivity index (χ0n) is 15.6. The summed E-state index contributed by atoms with van der Waals surface area (Å²) in [4.78, 5) is 12.1. The smallest absolute Gasteiger partial charge is 0.264 e. The maximum atomic E-state index is 13.2. The number of pyridine rings is 1. The van der Waals surface area contributed by atoms with Crippen LogP contribution in [0.2, 0.25) is 0 Å². The highest BCUT2D eigenvalue weighted by Gasteiger charge is 2.15. The number of halogens is 1. The van der Waals surface area contributed by atoms with Gasteiger partial charge in [0.25, 0.3) is 5.69 Å². The van der Waals surface area contributed by atoms with Crippen LogP contribution in [0.4, 0.5) is 4.39 Å². The van der Waals surface area contributed by atoms with Gasteiger partial charge in [-0.25, -0.2) is 4.39 Å². The van der Waals surface area contributed by atoms with Crippen LogP contribution in [-0.4, -0.2) is 17.7 Å². The Morgan fingerprint density at radius 1 is 1.11 bits per heavy atom. The number of nitrogens with zero attached hydrogens (tertiary/aromatic N) is 1. The molecule has 2 aromatic carbocycles. The van der Waals surface area contributed by atoms with E-state index in [2.05, 4.69) is 5.32 Å². The predicted octanol–water partition coefficient (Wildman–Crippen LogP) is 3.28. The third-order valence-electron chi connectivity index (χ3n) is 4.19. The number of carbonyl (C=O) groups is 1. The molecule has 0 unspecified atom stereocenters. The maximum absolute atomic E-state index is 13.2. The summed E-state index contributed by atoms with van der Waals surface area (Å²) < 4.78 is 19.6. The van der Waals surface area contributed by atoms with Gasteiger partial charge in [0.05, 0.1) is 18.6 Å². The summed E-state index contributed by atoms with van der Waals surface area (Å²) in [5.74, 6) is 0.221. The average Bonchev–Trinajstić information content (AvgIpc) is 2.68. The van der Waals surface area contributed by atoms with E-state index in [0.29, 0.717) is 23.4 Å². The van der Waals surface area contributed by atoms with Gasteiger partial charge in [-0.1, -0.05) is 12.1 Å². The summed E-state index contributed by atoms with van der Waals surface area (Å²) >= 11 is 0. The van der Waals surface area contributed by atoms with Crippen LogP contribution in [0.15, 0.2) is 66.9 Å². The molecular formula is C22H22FN2O3+. The molecule has 0 aliphatic carbocycles. The lowest BCUT2D eigenvalue weighted by atomic mass is 10.1. The Kier molecular flexibility index (Phi) is 6.22. The third-order valence-corrected chi connectivity index (χ3v) is 4.19. The number of aromatic nitrogens is 1. The molecule has 3 aromatic rings. The van der Waals surface area contributed by atoms with E-state index in [1.54, 1.807) is 24.3 Å².